The fourth-order valence-electron chi connectivity index (χ4n) is 1.29. The Labute approximate surface area is 89.4 Å². The first-order chi connectivity index (χ1) is 7.20. The number of nitrogens with two attached hydrogens (primary N) is 1. The van der Waals surface area contributed by atoms with Gasteiger partial charge in [0.25, 0.3) is 0 Å². The summed E-state index contributed by atoms with van der Waals surface area (Å²) in [5, 5.41) is 0. The average Bonchev–Trinajstić information content (AvgIpc) is 2.74. The number of nitrogens with zero attached hydrogens (tertiary/aromatic N) is 1. The summed E-state index contributed by atoms with van der Waals surface area (Å²) in [4.78, 5) is 4.55. The molecule has 5 heteroatoms. The summed E-state index contributed by atoms with van der Waals surface area (Å²) in [5.41, 5.74) is 7.55. The van der Waals surface area contributed by atoms with E-state index < -0.39 is 17.7 Å². The van der Waals surface area contributed by atoms with Crippen LogP contribution in [0.5, 0.6) is 0 Å². The van der Waals surface area contributed by atoms with Gasteiger partial charge < -0.3 is 5.73 Å². The second-order valence-electron chi connectivity index (χ2n) is 3.02. The Morgan fingerprint density at radius 3 is 2.80 bits per heavy atom. The standard InChI is InChI=1S/C10H8F2N2S/c11-7-3-1-2-6(9(7)12)10(13)8-4-14-5-15-8/h1-5,10H,13H2. The Hall–Kier alpha value is -1.33. The van der Waals surface area contributed by atoms with Crippen LogP contribution in [0.3, 0.4) is 0 Å². The molecule has 78 valence electrons. The zero-order valence-corrected chi connectivity index (χ0v) is 8.47. The summed E-state index contributed by atoms with van der Waals surface area (Å²) in [6.45, 7) is 0. The minimum atomic E-state index is -0.890. The highest BCUT2D eigenvalue weighted by molar-refractivity contribution is 7.09. The molecule has 1 aromatic heterocycles. The van der Waals surface area contributed by atoms with Gasteiger partial charge >= 0.3 is 0 Å². The third-order valence-electron chi connectivity index (χ3n) is 2.07. The second kappa shape index (κ2) is 4.04. The van der Waals surface area contributed by atoms with E-state index in [1.54, 1.807) is 11.7 Å². The maximum atomic E-state index is 13.4. The molecule has 1 unspecified atom stereocenters. The van der Waals surface area contributed by atoms with E-state index in [9.17, 15) is 8.78 Å². The predicted octanol–water partition coefficient (Wildman–Crippen LogP) is 2.47. The van der Waals surface area contributed by atoms with E-state index in [1.165, 1.54) is 23.5 Å². The van der Waals surface area contributed by atoms with Crippen molar-refractivity contribution in [1.29, 1.82) is 0 Å². The Morgan fingerprint density at radius 2 is 2.13 bits per heavy atom. The molecule has 0 aliphatic rings. The topological polar surface area (TPSA) is 38.9 Å². The summed E-state index contributed by atoms with van der Waals surface area (Å²) >= 11 is 1.32. The van der Waals surface area contributed by atoms with Crippen LogP contribution in [-0.2, 0) is 0 Å². The molecule has 2 aromatic rings. The molecule has 2 N–H and O–H groups in total. The van der Waals surface area contributed by atoms with Gasteiger partial charge in [0.1, 0.15) is 0 Å². The van der Waals surface area contributed by atoms with E-state index in [2.05, 4.69) is 4.98 Å². The average molecular weight is 226 g/mol. The second-order valence-corrected chi connectivity index (χ2v) is 3.94. The van der Waals surface area contributed by atoms with Gasteiger partial charge in [0.15, 0.2) is 11.6 Å². The summed E-state index contributed by atoms with van der Waals surface area (Å²) in [7, 11) is 0. The molecule has 0 aliphatic carbocycles. The van der Waals surface area contributed by atoms with Crippen LogP contribution in [0.15, 0.2) is 29.9 Å². The van der Waals surface area contributed by atoms with Crippen LogP contribution in [0.1, 0.15) is 16.5 Å². The molecule has 0 bridgehead atoms. The predicted molar refractivity (Wildman–Crippen MR) is 54.5 cm³/mol. The molecule has 1 atom stereocenters. The lowest BCUT2D eigenvalue weighted by atomic mass is 10.1. The van der Waals surface area contributed by atoms with Crippen molar-refractivity contribution in [2.45, 2.75) is 6.04 Å². The van der Waals surface area contributed by atoms with Gasteiger partial charge in [-0.25, -0.2) is 8.78 Å². The van der Waals surface area contributed by atoms with Gasteiger partial charge in [-0.3, -0.25) is 4.98 Å². The Kier molecular flexibility index (Phi) is 2.75. The third kappa shape index (κ3) is 1.88. The lowest BCUT2D eigenvalue weighted by molar-refractivity contribution is 0.495. The number of hydrogen-bond acceptors (Lipinski definition) is 3. The van der Waals surface area contributed by atoms with Crippen LogP contribution in [-0.4, -0.2) is 4.98 Å². The molecule has 0 fully saturated rings. The molecule has 0 aliphatic heterocycles. The van der Waals surface area contributed by atoms with Crippen LogP contribution in [0.2, 0.25) is 0 Å². The fraction of sp³-hybridized carbons (Fsp3) is 0.100. The lowest BCUT2D eigenvalue weighted by Crippen LogP contribution is -2.12. The SMILES string of the molecule is NC(c1cncs1)c1cccc(F)c1F. The van der Waals surface area contributed by atoms with Crippen LogP contribution in [0, 0.1) is 11.6 Å². The molecule has 15 heavy (non-hydrogen) atoms. The highest BCUT2D eigenvalue weighted by Gasteiger charge is 2.17. The molecular formula is C10H8F2N2S. The minimum Gasteiger partial charge on any atom is -0.319 e. The van der Waals surface area contributed by atoms with Gasteiger partial charge in [0.2, 0.25) is 0 Å². The molecule has 0 saturated heterocycles. The van der Waals surface area contributed by atoms with E-state index in [1.807, 2.05) is 0 Å². The number of thiazole rings is 1. The van der Waals surface area contributed by atoms with Crippen molar-refractivity contribution in [2.24, 2.45) is 5.73 Å². The van der Waals surface area contributed by atoms with E-state index >= 15 is 0 Å². The first-order valence-electron chi connectivity index (χ1n) is 4.28. The largest absolute Gasteiger partial charge is 0.319 e. The van der Waals surface area contributed by atoms with E-state index in [0.29, 0.717) is 4.88 Å². The minimum absolute atomic E-state index is 0.152. The number of rotatable bonds is 2. The molecule has 0 saturated carbocycles. The molecular weight excluding hydrogens is 218 g/mol. The Morgan fingerprint density at radius 1 is 1.33 bits per heavy atom. The smallest absolute Gasteiger partial charge is 0.163 e. The van der Waals surface area contributed by atoms with Crippen LogP contribution in [0.4, 0.5) is 8.78 Å². The van der Waals surface area contributed by atoms with E-state index in [-0.39, 0.29) is 5.56 Å². The Bertz CT molecular complexity index is 456. The molecule has 1 aromatic carbocycles. The summed E-state index contributed by atoms with van der Waals surface area (Å²) in [6, 6.07) is 3.32. The number of aromatic nitrogens is 1. The van der Waals surface area contributed by atoms with Gasteiger partial charge in [-0.1, -0.05) is 12.1 Å². The van der Waals surface area contributed by atoms with Crippen LogP contribution in [0.25, 0.3) is 0 Å². The van der Waals surface area contributed by atoms with Crippen molar-refractivity contribution in [1.82, 2.24) is 4.98 Å². The van der Waals surface area contributed by atoms with Gasteiger partial charge in [-0.15, -0.1) is 11.3 Å². The summed E-state index contributed by atoms with van der Waals surface area (Å²) in [5.74, 6) is -1.77. The number of hydrogen-bond donors (Lipinski definition) is 1. The van der Waals surface area contributed by atoms with Gasteiger partial charge in [-0.05, 0) is 6.07 Å². The molecule has 1 heterocycles. The zero-order valence-electron chi connectivity index (χ0n) is 7.65. The van der Waals surface area contributed by atoms with Gasteiger partial charge in [0.05, 0.1) is 11.6 Å². The maximum absolute atomic E-state index is 13.4. The normalized spacial score (nSPS) is 12.7. The monoisotopic (exact) mass is 226 g/mol. The van der Waals surface area contributed by atoms with Crippen molar-refractivity contribution >= 4 is 11.3 Å². The molecule has 0 amide bonds. The number of halogens is 2. The maximum Gasteiger partial charge on any atom is 0.163 e. The highest BCUT2D eigenvalue weighted by atomic mass is 32.1. The first-order valence-corrected chi connectivity index (χ1v) is 5.16. The van der Waals surface area contributed by atoms with Crippen molar-refractivity contribution in [3.05, 3.63) is 52.0 Å². The number of benzene rings is 1. The van der Waals surface area contributed by atoms with Crippen molar-refractivity contribution in [2.75, 3.05) is 0 Å². The molecule has 2 rings (SSSR count). The molecule has 0 radical (unpaired) electrons. The third-order valence-corrected chi connectivity index (χ3v) is 2.93. The van der Waals surface area contributed by atoms with E-state index in [0.717, 1.165) is 6.07 Å². The first kappa shape index (κ1) is 10.2. The van der Waals surface area contributed by atoms with Crippen molar-refractivity contribution < 1.29 is 8.78 Å². The summed E-state index contributed by atoms with van der Waals surface area (Å²) in [6.07, 6.45) is 1.56. The highest BCUT2D eigenvalue weighted by Crippen LogP contribution is 2.25. The summed E-state index contributed by atoms with van der Waals surface area (Å²) < 4.78 is 26.3. The van der Waals surface area contributed by atoms with Crippen LogP contribution >= 0.6 is 11.3 Å². The van der Waals surface area contributed by atoms with Crippen molar-refractivity contribution in [3.8, 4) is 0 Å². The fourth-order valence-corrected chi connectivity index (χ4v) is 1.93. The quantitative estimate of drug-likeness (QED) is 0.854. The van der Waals surface area contributed by atoms with E-state index in [4.69, 9.17) is 5.73 Å². The zero-order chi connectivity index (χ0) is 10.8. The molecule has 2 nitrogen and oxygen atoms in total. The lowest BCUT2D eigenvalue weighted by Gasteiger charge is -2.10. The van der Waals surface area contributed by atoms with Crippen molar-refractivity contribution in [3.63, 3.8) is 0 Å². The van der Waals surface area contributed by atoms with Crippen LogP contribution < -0.4 is 5.73 Å². The van der Waals surface area contributed by atoms with Gasteiger partial charge in [0, 0.05) is 16.6 Å². The molecule has 0 spiro atoms. The van der Waals surface area contributed by atoms with Gasteiger partial charge in [-0.2, -0.15) is 0 Å². The Balaban J connectivity index is 2.42.